The highest BCUT2D eigenvalue weighted by Gasteiger charge is 2.30. The fourth-order valence-electron chi connectivity index (χ4n) is 1.49. The van der Waals surface area contributed by atoms with Crippen LogP contribution in [0, 0.1) is 0 Å². The number of amidine groups is 1. The zero-order valence-corrected chi connectivity index (χ0v) is 11.4. The number of carboxylic acid groups (broad SMARTS) is 1. The second-order valence-corrected chi connectivity index (χ2v) is 5.17. The molecule has 1 fully saturated rings. The Hall–Kier alpha value is -2.22. The van der Waals surface area contributed by atoms with Crippen molar-refractivity contribution < 1.29 is 14.7 Å². The van der Waals surface area contributed by atoms with E-state index in [-0.39, 0.29) is 11.6 Å². The highest BCUT2D eigenvalue weighted by Crippen LogP contribution is 2.22. The molecule has 0 spiro atoms. The van der Waals surface area contributed by atoms with Crippen molar-refractivity contribution in [2.24, 2.45) is 10.2 Å². The molecular formula is C12H11N4O3S-. The molecule has 1 N–H and O–H groups in total. The highest BCUT2D eigenvalue weighted by molar-refractivity contribution is 8.15. The lowest BCUT2D eigenvalue weighted by Gasteiger charge is -2.04. The largest absolute Gasteiger partial charge is 0.550 e. The number of pyridine rings is 1. The number of nitrogens with one attached hydrogen (secondary N) is 1. The Balaban J connectivity index is 2.06. The molecule has 20 heavy (non-hydrogen) atoms. The first kappa shape index (κ1) is 14.2. The number of aromatic nitrogens is 1. The number of aliphatic carboxylic acids is 1. The quantitative estimate of drug-likeness (QED) is 0.596. The van der Waals surface area contributed by atoms with Gasteiger partial charge >= 0.3 is 0 Å². The summed E-state index contributed by atoms with van der Waals surface area (Å²) in [6, 6.07) is 5.41. The van der Waals surface area contributed by atoms with Gasteiger partial charge in [0.1, 0.15) is 0 Å². The van der Waals surface area contributed by atoms with Gasteiger partial charge in [-0.3, -0.25) is 9.78 Å². The van der Waals surface area contributed by atoms with Crippen LogP contribution in [0.2, 0.25) is 0 Å². The van der Waals surface area contributed by atoms with Crippen molar-refractivity contribution in [1.82, 2.24) is 10.3 Å². The molecule has 0 aliphatic carbocycles. The third-order valence-corrected chi connectivity index (χ3v) is 3.53. The van der Waals surface area contributed by atoms with Gasteiger partial charge in [0, 0.05) is 18.6 Å². The highest BCUT2D eigenvalue weighted by atomic mass is 32.2. The summed E-state index contributed by atoms with van der Waals surface area (Å²) in [5, 5.41) is 20.4. The number of carboxylic acids is 1. The lowest BCUT2D eigenvalue weighted by molar-refractivity contribution is -0.305. The number of hydrogen-bond acceptors (Lipinski definition) is 7. The molecule has 0 aromatic carbocycles. The van der Waals surface area contributed by atoms with Crippen LogP contribution >= 0.6 is 11.8 Å². The van der Waals surface area contributed by atoms with Gasteiger partial charge in [0.05, 0.1) is 16.7 Å². The Morgan fingerprint density at radius 2 is 2.35 bits per heavy atom. The SMILES string of the molecule is CC(=N/N=C1\NC(=O)[C@@H](CC(=O)[O-])S1)c1ccccn1. The minimum Gasteiger partial charge on any atom is -0.550 e. The maximum atomic E-state index is 11.5. The molecule has 2 heterocycles. The summed E-state index contributed by atoms with van der Waals surface area (Å²) >= 11 is 1.03. The second kappa shape index (κ2) is 6.29. The molecule has 0 saturated carbocycles. The average molecular weight is 291 g/mol. The summed E-state index contributed by atoms with van der Waals surface area (Å²) < 4.78 is 0. The van der Waals surface area contributed by atoms with Crippen LogP contribution in [0.25, 0.3) is 0 Å². The van der Waals surface area contributed by atoms with Crippen LogP contribution < -0.4 is 10.4 Å². The lowest BCUT2D eigenvalue weighted by Crippen LogP contribution is -2.31. The molecule has 1 amide bonds. The first-order chi connectivity index (χ1) is 9.56. The number of amides is 1. The molecule has 1 saturated heterocycles. The number of carbonyl (C=O) groups excluding carboxylic acids is 2. The Bertz CT molecular complexity index is 586. The van der Waals surface area contributed by atoms with Crippen molar-refractivity contribution in [1.29, 1.82) is 0 Å². The van der Waals surface area contributed by atoms with E-state index in [1.165, 1.54) is 0 Å². The molecule has 0 bridgehead atoms. The summed E-state index contributed by atoms with van der Waals surface area (Å²) in [5.74, 6) is -1.67. The molecule has 2 rings (SSSR count). The molecule has 104 valence electrons. The van der Waals surface area contributed by atoms with Crippen molar-refractivity contribution in [2.45, 2.75) is 18.6 Å². The minimum atomic E-state index is -1.27. The standard InChI is InChI=1S/C12H12N4O3S/c1-7(8-4-2-3-5-13-8)15-16-12-14-11(19)9(20-12)6-10(17)18/h2-5,9H,6H2,1H3,(H,17,18)(H,14,16,19)/p-1/t9-/m1/s1. The predicted molar refractivity (Wildman–Crippen MR) is 73.0 cm³/mol. The van der Waals surface area contributed by atoms with E-state index >= 15 is 0 Å². The van der Waals surface area contributed by atoms with Crippen LogP contribution in [0.1, 0.15) is 19.0 Å². The van der Waals surface area contributed by atoms with E-state index in [1.807, 2.05) is 6.07 Å². The maximum absolute atomic E-state index is 11.5. The zero-order chi connectivity index (χ0) is 14.5. The van der Waals surface area contributed by atoms with Gasteiger partial charge in [0.15, 0.2) is 5.17 Å². The zero-order valence-electron chi connectivity index (χ0n) is 10.6. The Labute approximate surface area is 119 Å². The summed E-state index contributed by atoms with van der Waals surface area (Å²) in [4.78, 5) is 26.1. The maximum Gasteiger partial charge on any atom is 0.239 e. The van der Waals surface area contributed by atoms with Crippen LogP contribution in [-0.4, -0.2) is 33.0 Å². The first-order valence-electron chi connectivity index (χ1n) is 5.77. The van der Waals surface area contributed by atoms with Crippen molar-refractivity contribution in [3.63, 3.8) is 0 Å². The van der Waals surface area contributed by atoms with Gasteiger partial charge in [-0.05, 0) is 19.1 Å². The van der Waals surface area contributed by atoms with Gasteiger partial charge in [0.2, 0.25) is 5.91 Å². The van der Waals surface area contributed by atoms with E-state index in [0.29, 0.717) is 11.4 Å². The number of nitrogens with zero attached hydrogens (tertiary/aromatic N) is 3. The van der Waals surface area contributed by atoms with Crippen molar-refractivity contribution in [3.05, 3.63) is 30.1 Å². The second-order valence-electron chi connectivity index (χ2n) is 3.98. The van der Waals surface area contributed by atoms with Gasteiger partial charge in [-0.2, -0.15) is 5.10 Å². The fourth-order valence-corrected chi connectivity index (χ4v) is 2.39. The Morgan fingerprint density at radius 1 is 1.55 bits per heavy atom. The molecule has 1 aliphatic rings. The van der Waals surface area contributed by atoms with Gasteiger partial charge in [-0.25, -0.2) is 0 Å². The van der Waals surface area contributed by atoms with Crippen molar-refractivity contribution >= 4 is 34.5 Å². The third kappa shape index (κ3) is 3.64. The van der Waals surface area contributed by atoms with Gasteiger partial charge < -0.3 is 15.2 Å². The minimum absolute atomic E-state index is 0.275. The molecule has 1 aliphatic heterocycles. The molecule has 1 aromatic rings. The topological polar surface area (TPSA) is 107 Å². The van der Waals surface area contributed by atoms with Crippen molar-refractivity contribution in [3.8, 4) is 0 Å². The van der Waals surface area contributed by atoms with E-state index < -0.39 is 17.1 Å². The first-order valence-corrected chi connectivity index (χ1v) is 6.65. The molecule has 8 heteroatoms. The number of carbonyl (C=O) groups is 2. The van der Waals surface area contributed by atoms with Gasteiger partial charge in [0.25, 0.3) is 0 Å². The smallest absolute Gasteiger partial charge is 0.239 e. The molecule has 1 atom stereocenters. The van der Waals surface area contributed by atoms with E-state index in [2.05, 4.69) is 20.5 Å². The Kier molecular flexibility index (Phi) is 4.46. The van der Waals surface area contributed by atoms with E-state index in [9.17, 15) is 14.7 Å². The molecular weight excluding hydrogens is 280 g/mol. The van der Waals surface area contributed by atoms with Crippen LogP contribution in [-0.2, 0) is 9.59 Å². The van der Waals surface area contributed by atoms with E-state index in [1.54, 1.807) is 25.3 Å². The average Bonchev–Trinajstić information content (AvgIpc) is 2.77. The number of hydrogen-bond donors (Lipinski definition) is 1. The summed E-state index contributed by atoms with van der Waals surface area (Å²) in [6.07, 6.45) is 1.29. The molecule has 0 unspecified atom stereocenters. The van der Waals surface area contributed by atoms with Crippen molar-refractivity contribution in [2.75, 3.05) is 0 Å². The predicted octanol–water partition coefficient (Wildman–Crippen LogP) is -0.467. The summed E-state index contributed by atoms with van der Waals surface area (Å²) in [7, 11) is 0. The normalized spacial score (nSPS) is 21.1. The number of rotatable bonds is 4. The van der Waals surface area contributed by atoms with Gasteiger partial charge in [-0.15, -0.1) is 5.10 Å². The molecule has 7 nitrogen and oxygen atoms in total. The van der Waals surface area contributed by atoms with E-state index in [0.717, 1.165) is 11.8 Å². The van der Waals surface area contributed by atoms with Crippen LogP contribution in [0.4, 0.5) is 0 Å². The summed E-state index contributed by atoms with van der Waals surface area (Å²) in [5.41, 5.74) is 1.27. The van der Waals surface area contributed by atoms with Gasteiger partial charge in [-0.1, -0.05) is 17.8 Å². The number of thioether (sulfide) groups is 1. The third-order valence-electron chi connectivity index (χ3n) is 2.45. The van der Waals surface area contributed by atoms with Crippen LogP contribution in [0.15, 0.2) is 34.6 Å². The van der Waals surface area contributed by atoms with Crippen LogP contribution in [0.3, 0.4) is 0 Å². The lowest BCUT2D eigenvalue weighted by atomic mass is 10.3. The molecule has 1 aromatic heterocycles. The fraction of sp³-hybridized carbons (Fsp3) is 0.250. The van der Waals surface area contributed by atoms with E-state index in [4.69, 9.17) is 0 Å². The summed E-state index contributed by atoms with van der Waals surface area (Å²) in [6.45, 7) is 1.74. The Morgan fingerprint density at radius 3 is 3.00 bits per heavy atom. The van der Waals surface area contributed by atoms with Crippen LogP contribution in [0.5, 0.6) is 0 Å². The molecule has 0 radical (unpaired) electrons. The monoisotopic (exact) mass is 291 g/mol.